The van der Waals surface area contributed by atoms with Crippen molar-refractivity contribution in [2.45, 2.75) is 44.5 Å². The van der Waals surface area contributed by atoms with Crippen molar-refractivity contribution in [1.29, 1.82) is 0 Å². The Bertz CT molecular complexity index is 1670. The third kappa shape index (κ3) is 7.11. The third-order valence-electron chi connectivity index (χ3n) is 7.07. The largest absolute Gasteiger partial charge is 0.456 e. The van der Waals surface area contributed by atoms with Gasteiger partial charge in [0.2, 0.25) is 5.91 Å². The van der Waals surface area contributed by atoms with Crippen molar-refractivity contribution < 1.29 is 38.8 Å². The van der Waals surface area contributed by atoms with E-state index in [-0.39, 0.29) is 47.4 Å². The number of thioether (sulfide) groups is 1. The quantitative estimate of drug-likeness (QED) is 0.120. The monoisotopic (exact) mass is 655 g/mol. The summed E-state index contributed by atoms with van der Waals surface area (Å²) in [6, 6.07) is 10.8. The summed E-state index contributed by atoms with van der Waals surface area (Å²) in [4.78, 5) is 65.2. The maximum atomic E-state index is 13.2. The van der Waals surface area contributed by atoms with E-state index in [4.69, 9.17) is 9.47 Å². The topological polar surface area (TPSA) is 204 Å². The van der Waals surface area contributed by atoms with Crippen LogP contribution in [0.15, 0.2) is 64.5 Å². The van der Waals surface area contributed by atoms with E-state index in [1.807, 2.05) is 0 Å². The molecule has 0 unspecified atom stereocenters. The molecule has 1 saturated heterocycles. The highest BCUT2D eigenvalue weighted by atomic mass is 32.2. The molecule has 2 N–H and O–H groups in total. The van der Waals surface area contributed by atoms with E-state index >= 15 is 0 Å². The number of hydrogen-bond acceptors (Lipinski definition) is 13. The number of anilines is 1. The standard InChI is InChI=1S/C28H25N5O10S2/c1-15(34)23-21-10-22(24(31(21)25(23)35)26(36)42-11-16-2-6-19(7-3-16)32(38)39)44-13-18-14-45-27(29-18)30-28(37)43-12-17-4-8-20(9-5-17)33(40)41/h2-9,14-15,21,23,34H,10-13H2,1H3,(H,29,30,37)/t15-,21+,23+/m0/s1. The molecule has 17 heteroatoms. The van der Waals surface area contributed by atoms with Gasteiger partial charge in [-0.2, -0.15) is 0 Å². The van der Waals surface area contributed by atoms with E-state index in [0.717, 1.165) is 11.3 Å². The lowest BCUT2D eigenvalue weighted by molar-refractivity contribution is -0.385. The minimum Gasteiger partial charge on any atom is -0.456 e. The fourth-order valence-corrected chi connectivity index (χ4v) is 6.74. The summed E-state index contributed by atoms with van der Waals surface area (Å²) in [6.45, 7) is 1.27. The third-order valence-corrected chi connectivity index (χ3v) is 9.03. The van der Waals surface area contributed by atoms with Crippen LogP contribution in [0.2, 0.25) is 0 Å². The Morgan fingerprint density at radius 3 is 2.20 bits per heavy atom. The summed E-state index contributed by atoms with van der Waals surface area (Å²) in [5.41, 5.74) is 1.62. The second-order valence-corrected chi connectivity index (χ2v) is 12.0. The number of thiazole rings is 1. The fraction of sp³-hybridized carbons (Fsp3) is 0.286. The number of amides is 2. The van der Waals surface area contributed by atoms with E-state index in [1.165, 1.54) is 72.1 Å². The molecule has 5 rings (SSSR count). The molecule has 0 bridgehead atoms. The molecule has 15 nitrogen and oxygen atoms in total. The average Bonchev–Trinajstić information content (AvgIpc) is 3.59. The first kappa shape index (κ1) is 31.6. The molecule has 2 aromatic carbocycles. The number of carbonyl (C=O) groups is 3. The number of ether oxygens (including phenoxy) is 2. The van der Waals surface area contributed by atoms with Crippen molar-refractivity contribution in [2.24, 2.45) is 5.92 Å². The highest BCUT2D eigenvalue weighted by molar-refractivity contribution is 8.02. The van der Waals surface area contributed by atoms with Crippen LogP contribution in [0.1, 0.15) is 30.2 Å². The number of aliphatic hydroxyl groups excluding tert-OH is 1. The molecule has 1 fully saturated rings. The van der Waals surface area contributed by atoms with Crippen molar-refractivity contribution >= 4 is 57.6 Å². The van der Waals surface area contributed by atoms with Crippen LogP contribution in [0.25, 0.3) is 0 Å². The van der Waals surface area contributed by atoms with Crippen LogP contribution in [0.5, 0.6) is 0 Å². The molecular formula is C28H25N5O10S2. The number of β-lactam (4-membered cyclic amide) rings is 1. The molecule has 234 valence electrons. The Labute approximate surface area is 263 Å². The van der Waals surface area contributed by atoms with Gasteiger partial charge in [-0.25, -0.2) is 14.6 Å². The van der Waals surface area contributed by atoms with E-state index in [1.54, 1.807) is 5.38 Å². The number of carbonyl (C=O) groups excluding carboxylic acids is 3. The molecule has 3 aromatic rings. The number of nitro benzene ring substituents is 2. The van der Waals surface area contributed by atoms with Crippen molar-refractivity contribution in [2.75, 3.05) is 5.32 Å². The molecule has 2 aliphatic heterocycles. The number of hydrogen-bond donors (Lipinski definition) is 2. The lowest BCUT2D eigenvalue weighted by atomic mass is 9.83. The van der Waals surface area contributed by atoms with Gasteiger partial charge in [0.25, 0.3) is 11.4 Å². The Kier molecular flexibility index (Phi) is 9.40. The molecule has 3 heterocycles. The molecule has 2 amide bonds. The van der Waals surface area contributed by atoms with Crippen LogP contribution in [0.3, 0.4) is 0 Å². The molecule has 0 radical (unpaired) electrons. The maximum Gasteiger partial charge on any atom is 0.413 e. The molecule has 2 aliphatic rings. The normalized spacial score (nSPS) is 17.7. The van der Waals surface area contributed by atoms with Crippen molar-refractivity contribution in [3.8, 4) is 0 Å². The first-order chi connectivity index (χ1) is 21.5. The summed E-state index contributed by atoms with van der Waals surface area (Å²) >= 11 is 2.45. The average molecular weight is 656 g/mol. The maximum absolute atomic E-state index is 13.2. The van der Waals surface area contributed by atoms with Gasteiger partial charge in [-0.1, -0.05) is 0 Å². The number of esters is 1. The van der Waals surface area contributed by atoms with Crippen LogP contribution >= 0.6 is 23.1 Å². The Morgan fingerprint density at radius 1 is 1.07 bits per heavy atom. The Hall–Kier alpha value is -4.87. The molecule has 45 heavy (non-hydrogen) atoms. The van der Waals surface area contributed by atoms with Gasteiger partial charge in [-0.05, 0) is 42.3 Å². The number of fused-ring (bicyclic) bond motifs is 1. The van der Waals surface area contributed by atoms with Gasteiger partial charge in [0.05, 0.1) is 33.6 Å². The molecule has 0 spiro atoms. The van der Waals surface area contributed by atoms with Gasteiger partial charge in [0.1, 0.15) is 18.9 Å². The zero-order valence-corrected chi connectivity index (χ0v) is 25.1. The molecular weight excluding hydrogens is 630 g/mol. The number of rotatable bonds is 12. The Balaban J connectivity index is 1.19. The minimum atomic E-state index is -0.896. The highest BCUT2D eigenvalue weighted by Crippen LogP contribution is 2.48. The van der Waals surface area contributed by atoms with Gasteiger partial charge in [0, 0.05) is 46.7 Å². The van der Waals surface area contributed by atoms with E-state index in [9.17, 15) is 39.7 Å². The molecule has 0 aliphatic carbocycles. The minimum absolute atomic E-state index is 0.0739. The first-order valence-electron chi connectivity index (χ1n) is 13.4. The SMILES string of the molecule is C[C@H](O)[C@H]1C(=O)N2C(C(=O)OCc3ccc([N+](=O)[O-])cc3)=C(SCc3csc(NC(=O)OCc4ccc([N+](=O)[O-])cc4)n3)C[C@H]12. The number of aromatic nitrogens is 1. The first-order valence-corrected chi connectivity index (χ1v) is 15.3. The van der Waals surface area contributed by atoms with Gasteiger partial charge >= 0.3 is 12.1 Å². The number of benzene rings is 2. The van der Waals surface area contributed by atoms with Crippen molar-refractivity contribution in [1.82, 2.24) is 9.88 Å². The molecule has 0 saturated carbocycles. The number of nitrogens with one attached hydrogen (secondary N) is 1. The number of nitrogens with zero attached hydrogens (tertiary/aromatic N) is 4. The van der Waals surface area contributed by atoms with Gasteiger partial charge in [-0.15, -0.1) is 23.1 Å². The Morgan fingerprint density at radius 2 is 1.64 bits per heavy atom. The predicted molar refractivity (Wildman–Crippen MR) is 161 cm³/mol. The van der Waals surface area contributed by atoms with Crippen LogP contribution < -0.4 is 5.32 Å². The van der Waals surface area contributed by atoms with Gasteiger partial charge in [0.15, 0.2) is 5.13 Å². The van der Waals surface area contributed by atoms with E-state index in [2.05, 4.69) is 10.3 Å². The van der Waals surface area contributed by atoms with E-state index < -0.39 is 33.9 Å². The number of nitro groups is 2. The summed E-state index contributed by atoms with van der Waals surface area (Å²) in [5, 5.41) is 36.3. The molecule has 3 atom stereocenters. The predicted octanol–water partition coefficient (Wildman–Crippen LogP) is 4.51. The number of aliphatic hydroxyl groups is 1. The van der Waals surface area contributed by atoms with Gasteiger partial charge in [-0.3, -0.25) is 30.3 Å². The zero-order valence-electron chi connectivity index (χ0n) is 23.5. The lowest BCUT2D eigenvalue weighted by Gasteiger charge is -2.44. The highest BCUT2D eigenvalue weighted by Gasteiger charge is 2.57. The summed E-state index contributed by atoms with van der Waals surface area (Å²) in [6.07, 6.45) is -1.31. The number of non-ortho nitro benzene ring substituents is 2. The second-order valence-electron chi connectivity index (χ2n) is 10.1. The smallest absolute Gasteiger partial charge is 0.413 e. The van der Waals surface area contributed by atoms with Crippen molar-refractivity contribution in [3.63, 3.8) is 0 Å². The van der Waals surface area contributed by atoms with Crippen LogP contribution in [0, 0.1) is 26.1 Å². The zero-order chi connectivity index (χ0) is 32.2. The summed E-state index contributed by atoms with van der Waals surface area (Å²) < 4.78 is 10.6. The molecule has 1 aromatic heterocycles. The van der Waals surface area contributed by atoms with Crippen molar-refractivity contribution in [3.05, 3.63) is 102 Å². The van der Waals surface area contributed by atoms with E-state index in [0.29, 0.717) is 33.9 Å². The summed E-state index contributed by atoms with van der Waals surface area (Å²) in [5.74, 6) is -1.45. The summed E-state index contributed by atoms with van der Waals surface area (Å²) in [7, 11) is 0. The van der Waals surface area contributed by atoms with Crippen LogP contribution in [-0.4, -0.2) is 55.0 Å². The fourth-order valence-electron chi connectivity index (χ4n) is 4.86. The van der Waals surface area contributed by atoms with Crippen LogP contribution in [-0.2, 0) is 38.0 Å². The van der Waals surface area contributed by atoms with Crippen LogP contribution in [0.4, 0.5) is 21.3 Å². The van der Waals surface area contributed by atoms with Gasteiger partial charge < -0.3 is 19.5 Å². The lowest BCUT2D eigenvalue weighted by Crippen LogP contribution is -2.61. The second kappa shape index (κ2) is 13.4.